The van der Waals surface area contributed by atoms with Crippen LogP contribution in [0.5, 0.6) is 0 Å². The molecule has 1 fully saturated rings. The number of hydrogen-bond acceptors (Lipinski definition) is 3. The Hall–Kier alpha value is -0.180. The van der Waals surface area contributed by atoms with E-state index in [0.717, 1.165) is 12.5 Å². The quantitative estimate of drug-likeness (QED) is 0.722. The zero-order valence-electron chi connectivity index (χ0n) is 9.12. The standard InChI is InChI=1S/C11H20N2S/c1-8-5-3-4-6-10(8)13-11-12-7-9(2)14-11/h8-10H,3-7H2,1-2H3,(H,12,13)/t8-,9-,10+/m1/s1. The molecule has 3 atom stereocenters. The van der Waals surface area contributed by atoms with Crippen molar-refractivity contribution < 1.29 is 0 Å². The third-order valence-electron chi connectivity index (χ3n) is 3.23. The lowest BCUT2D eigenvalue weighted by Crippen LogP contribution is -2.39. The van der Waals surface area contributed by atoms with E-state index < -0.39 is 0 Å². The first-order valence-electron chi connectivity index (χ1n) is 5.73. The molecule has 0 saturated heterocycles. The molecule has 1 aliphatic heterocycles. The van der Waals surface area contributed by atoms with Crippen molar-refractivity contribution >= 4 is 16.9 Å². The molecule has 0 radical (unpaired) electrons. The molecule has 0 amide bonds. The Morgan fingerprint density at radius 2 is 2.07 bits per heavy atom. The average molecular weight is 212 g/mol. The van der Waals surface area contributed by atoms with Crippen molar-refractivity contribution in [1.82, 2.24) is 5.32 Å². The second kappa shape index (κ2) is 4.56. The molecule has 3 heteroatoms. The van der Waals surface area contributed by atoms with Crippen molar-refractivity contribution in [3.05, 3.63) is 0 Å². The molecule has 0 aromatic rings. The van der Waals surface area contributed by atoms with Crippen molar-refractivity contribution in [3.8, 4) is 0 Å². The Balaban J connectivity index is 1.84. The molecule has 1 heterocycles. The van der Waals surface area contributed by atoms with Gasteiger partial charge in [-0.25, -0.2) is 0 Å². The monoisotopic (exact) mass is 212 g/mol. The minimum Gasteiger partial charge on any atom is -0.362 e. The van der Waals surface area contributed by atoms with Gasteiger partial charge in [-0.05, 0) is 18.8 Å². The van der Waals surface area contributed by atoms with Crippen LogP contribution in [0.1, 0.15) is 39.5 Å². The van der Waals surface area contributed by atoms with Gasteiger partial charge >= 0.3 is 0 Å². The van der Waals surface area contributed by atoms with Gasteiger partial charge in [-0.1, -0.05) is 38.5 Å². The first-order valence-corrected chi connectivity index (χ1v) is 6.61. The van der Waals surface area contributed by atoms with Gasteiger partial charge in [0.2, 0.25) is 0 Å². The highest BCUT2D eigenvalue weighted by Crippen LogP contribution is 2.26. The van der Waals surface area contributed by atoms with Gasteiger partial charge in [-0.15, -0.1) is 0 Å². The highest BCUT2D eigenvalue weighted by molar-refractivity contribution is 8.14. The lowest BCUT2D eigenvalue weighted by molar-refractivity contribution is 0.310. The third-order valence-corrected chi connectivity index (χ3v) is 4.25. The largest absolute Gasteiger partial charge is 0.362 e. The topological polar surface area (TPSA) is 24.4 Å². The normalized spacial score (nSPS) is 38.1. The van der Waals surface area contributed by atoms with Crippen LogP contribution < -0.4 is 5.32 Å². The fourth-order valence-corrected chi connectivity index (χ4v) is 3.14. The number of nitrogens with zero attached hydrogens (tertiary/aromatic N) is 1. The lowest BCUT2D eigenvalue weighted by Gasteiger charge is -2.30. The Morgan fingerprint density at radius 3 is 2.71 bits per heavy atom. The minimum atomic E-state index is 0.677. The van der Waals surface area contributed by atoms with Crippen LogP contribution in [-0.4, -0.2) is 23.0 Å². The second-order valence-corrected chi connectivity index (χ2v) is 6.01. The predicted octanol–water partition coefficient (Wildman–Crippen LogP) is 2.65. The van der Waals surface area contributed by atoms with Crippen molar-refractivity contribution in [1.29, 1.82) is 0 Å². The first-order chi connectivity index (χ1) is 6.75. The van der Waals surface area contributed by atoms with Crippen LogP contribution in [0.15, 0.2) is 4.99 Å². The van der Waals surface area contributed by atoms with Crippen molar-refractivity contribution in [2.45, 2.75) is 50.8 Å². The molecule has 80 valence electrons. The van der Waals surface area contributed by atoms with Crippen LogP contribution in [0.25, 0.3) is 0 Å². The molecule has 2 aliphatic rings. The number of thioether (sulfide) groups is 1. The number of rotatable bonds is 1. The molecule has 2 nitrogen and oxygen atoms in total. The molecule has 0 aromatic carbocycles. The summed E-state index contributed by atoms with van der Waals surface area (Å²) in [5.41, 5.74) is 0. The van der Waals surface area contributed by atoms with E-state index in [-0.39, 0.29) is 0 Å². The van der Waals surface area contributed by atoms with Gasteiger partial charge < -0.3 is 5.32 Å². The maximum absolute atomic E-state index is 4.51. The highest BCUT2D eigenvalue weighted by atomic mass is 32.2. The maximum Gasteiger partial charge on any atom is 0.157 e. The van der Waals surface area contributed by atoms with Crippen LogP contribution >= 0.6 is 11.8 Å². The van der Waals surface area contributed by atoms with Crippen LogP contribution in [0, 0.1) is 5.92 Å². The van der Waals surface area contributed by atoms with Gasteiger partial charge in [0.05, 0.1) is 6.54 Å². The van der Waals surface area contributed by atoms with E-state index >= 15 is 0 Å². The first kappa shape index (κ1) is 10.3. The average Bonchev–Trinajstić information content (AvgIpc) is 2.56. The number of aliphatic imine (C=N–C) groups is 1. The van der Waals surface area contributed by atoms with E-state index in [2.05, 4.69) is 24.2 Å². The summed E-state index contributed by atoms with van der Waals surface area (Å²) >= 11 is 1.90. The van der Waals surface area contributed by atoms with E-state index in [1.807, 2.05) is 11.8 Å². The zero-order chi connectivity index (χ0) is 9.97. The van der Waals surface area contributed by atoms with Gasteiger partial charge in [0.15, 0.2) is 5.17 Å². The molecule has 2 rings (SSSR count). The van der Waals surface area contributed by atoms with E-state index in [9.17, 15) is 0 Å². The van der Waals surface area contributed by atoms with Crippen LogP contribution in [-0.2, 0) is 0 Å². The molecular formula is C11H20N2S. The second-order valence-electron chi connectivity index (χ2n) is 4.59. The Morgan fingerprint density at radius 1 is 1.29 bits per heavy atom. The summed E-state index contributed by atoms with van der Waals surface area (Å²) in [5, 5.41) is 5.48. The van der Waals surface area contributed by atoms with Crippen LogP contribution in [0.3, 0.4) is 0 Å². The summed E-state index contributed by atoms with van der Waals surface area (Å²) in [6.07, 6.45) is 5.51. The Bertz CT molecular complexity index is 227. The molecule has 0 unspecified atom stereocenters. The van der Waals surface area contributed by atoms with E-state index in [1.165, 1.54) is 30.9 Å². The highest BCUT2D eigenvalue weighted by Gasteiger charge is 2.24. The number of hydrogen-bond donors (Lipinski definition) is 1. The lowest BCUT2D eigenvalue weighted by atomic mass is 9.86. The molecule has 1 saturated carbocycles. The van der Waals surface area contributed by atoms with E-state index in [4.69, 9.17) is 0 Å². The fraction of sp³-hybridized carbons (Fsp3) is 0.909. The van der Waals surface area contributed by atoms with E-state index in [1.54, 1.807) is 0 Å². The molecule has 0 aromatic heterocycles. The summed E-state index contributed by atoms with van der Waals surface area (Å²) in [6, 6.07) is 0.681. The minimum absolute atomic E-state index is 0.677. The third kappa shape index (κ3) is 2.44. The number of nitrogens with one attached hydrogen (secondary N) is 1. The van der Waals surface area contributed by atoms with Crippen LogP contribution in [0.4, 0.5) is 0 Å². The summed E-state index contributed by atoms with van der Waals surface area (Å²) in [7, 11) is 0. The number of amidine groups is 1. The predicted molar refractivity (Wildman–Crippen MR) is 63.9 cm³/mol. The van der Waals surface area contributed by atoms with Gasteiger partial charge in [0.25, 0.3) is 0 Å². The van der Waals surface area contributed by atoms with Gasteiger partial charge in [-0.3, -0.25) is 4.99 Å². The zero-order valence-corrected chi connectivity index (χ0v) is 9.94. The van der Waals surface area contributed by atoms with Gasteiger partial charge in [0.1, 0.15) is 0 Å². The summed E-state index contributed by atoms with van der Waals surface area (Å²) in [4.78, 5) is 4.51. The van der Waals surface area contributed by atoms with Gasteiger partial charge in [0, 0.05) is 11.3 Å². The smallest absolute Gasteiger partial charge is 0.157 e. The maximum atomic E-state index is 4.51. The summed E-state index contributed by atoms with van der Waals surface area (Å²) < 4.78 is 0. The SMILES string of the molecule is C[C@@H]1CN=C(N[C@H]2CCCC[C@H]2C)S1. The molecule has 1 N–H and O–H groups in total. The molecule has 14 heavy (non-hydrogen) atoms. The van der Waals surface area contributed by atoms with Crippen molar-refractivity contribution in [2.75, 3.05) is 6.54 Å². The molecular weight excluding hydrogens is 192 g/mol. The van der Waals surface area contributed by atoms with Crippen molar-refractivity contribution in [3.63, 3.8) is 0 Å². The Labute approximate surface area is 90.9 Å². The van der Waals surface area contributed by atoms with Gasteiger partial charge in [-0.2, -0.15) is 0 Å². The molecule has 0 bridgehead atoms. The summed E-state index contributed by atoms with van der Waals surface area (Å²) in [6.45, 7) is 5.60. The summed E-state index contributed by atoms with van der Waals surface area (Å²) in [5.74, 6) is 0.822. The van der Waals surface area contributed by atoms with E-state index in [0.29, 0.717) is 11.3 Å². The molecule has 0 spiro atoms. The van der Waals surface area contributed by atoms with Crippen LogP contribution in [0.2, 0.25) is 0 Å². The van der Waals surface area contributed by atoms with Crippen molar-refractivity contribution in [2.24, 2.45) is 10.9 Å². The Kier molecular flexibility index (Phi) is 3.37. The fourth-order valence-electron chi connectivity index (χ4n) is 2.25. The molecule has 1 aliphatic carbocycles.